The molecule has 1 N–H and O–H groups in total. The molecule has 1 atom stereocenters. The van der Waals surface area contributed by atoms with E-state index in [2.05, 4.69) is 27.7 Å². The van der Waals surface area contributed by atoms with Crippen molar-refractivity contribution in [1.82, 2.24) is 5.32 Å². The molecule has 0 aromatic heterocycles. The number of hydrogen-bond donors (Lipinski definition) is 1. The minimum Gasteiger partial charge on any atom is -0.357 e. The van der Waals surface area contributed by atoms with Crippen LogP contribution in [-0.4, -0.2) is 24.2 Å². The largest absolute Gasteiger partial charge is 0.357 e. The van der Waals surface area contributed by atoms with Crippen molar-refractivity contribution in [2.75, 3.05) is 7.05 Å². The summed E-state index contributed by atoms with van der Waals surface area (Å²) in [6.07, 6.45) is 0. The van der Waals surface area contributed by atoms with E-state index in [1.807, 2.05) is 20.8 Å². The van der Waals surface area contributed by atoms with Crippen LogP contribution in [0.4, 0.5) is 0 Å². The number of nitrogens with one attached hydrogen (secondary N) is 1. The SMILES string of the molecule is CNC(=O)C(N=C=S)C(C)(C)C. The fourth-order valence-corrected chi connectivity index (χ4v) is 0.940. The topological polar surface area (TPSA) is 41.5 Å². The number of isothiocyanates is 1. The van der Waals surface area contributed by atoms with Crippen LogP contribution in [0.3, 0.4) is 0 Å². The predicted molar refractivity (Wildman–Crippen MR) is 52.3 cm³/mol. The first-order valence-electron chi connectivity index (χ1n) is 3.72. The number of aliphatic imine (C=N–C) groups is 1. The van der Waals surface area contributed by atoms with E-state index in [0.29, 0.717) is 0 Å². The van der Waals surface area contributed by atoms with Crippen molar-refractivity contribution >= 4 is 23.3 Å². The van der Waals surface area contributed by atoms with Crippen molar-refractivity contribution in [3.05, 3.63) is 0 Å². The van der Waals surface area contributed by atoms with E-state index in [0.717, 1.165) is 0 Å². The van der Waals surface area contributed by atoms with Gasteiger partial charge in [-0.3, -0.25) is 4.79 Å². The molecule has 0 aliphatic carbocycles. The molecule has 0 saturated carbocycles. The Balaban J connectivity index is 4.67. The van der Waals surface area contributed by atoms with Crippen LogP contribution in [0.2, 0.25) is 0 Å². The molecular formula is C8H14N2OS. The fourth-order valence-electron chi connectivity index (χ4n) is 0.835. The van der Waals surface area contributed by atoms with Crippen LogP contribution < -0.4 is 5.32 Å². The molecule has 12 heavy (non-hydrogen) atoms. The van der Waals surface area contributed by atoms with E-state index in [9.17, 15) is 4.79 Å². The summed E-state index contributed by atoms with van der Waals surface area (Å²) in [7, 11) is 1.58. The summed E-state index contributed by atoms with van der Waals surface area (Å²) in [5, 5.41) is 4.77. The van der Waals surface area contributed by atoms with Gasteiger partial charge in [0.15, 0.2) is 0 Å². The Morgan fingerprint density at radius 3 is 2.33 bits per heavy atom. The number of likely N-dealkylation sites (N-methyl/N-ethyl adjacent to an activating group) is 1. The number of rotatable bonds is 2. The van der Waals surface area contributed by atoms with Gasteiger partial charge in [-0.05, 0) is 17.6 Å². The molecule has 0 rings (SSSR count). The van der Waals surface area contributed by atoms with Gasteiger partial charge >= 0.3 is 0 Å². The minimum absolute atomic E-state index is 0.125. The molecule has 1 unspecified atom stereocenters. The Morgan fingerprint density at radius 2 is 2.08 bits per heavy atom. The smallest absolute Gasteiger partial charge is 0.245 e. The van der Waals surface area contributed by atoms with E-state index < -0.39 is 6.04 Å². The summed E-state index contributed by atoms with van der Waals surface area (Å²) in [6.45, 7) is 5.80. The van der Waals surface area contributed by atoms with Crippen molar-refractivity contribution in [2.45, 2.75) is 26.8 Å². The van der Waals surface area contributed by atoms with Crippen LogP contribution in [0.15, 0.2) is 4.99 Å². The molecule has 0 spiro atoms. The van der Waals surface area contributed by atoms with Gasteiger partial charge in [-0.25, -0.2) is 4.99 Å². The zero-order chi connectivity index (χ0) is 9.78. The molecule has 0 bridgehead atoms. The highest BCUT2D eigenvalue weighted by Gasteiger charge is 2.29. The number of amides is 1. The van der Waals surface area contributed by atoms with Gasteiger partial charge in [-0.15, -0.1) is 0 Å². The molecule has 3 nitrogen and oxygen atoms in total. The lowest BCUT2D eigenvalue weighted by atomic mass is 9.87. The minimum atomic E-state index is -0.444. The second kappa shape index (κ2) is 4.33. The third kappa shape index (κ3) is 3.11. The average Bonchev–Trinajstić information content (AvgIpc) is 1.96. The fraction of sp³-hybridized carbons (Fsp3) is 0.750. The highest BCUT2D eigenvalue weighted by molar-refractivity contribution is 7.78. The Morgan fingerprint density at radius 1 is 1.58 bits per heavy atom. The zero-order valence-corrected chi connectivity index (χ0v) is 8.66. The summed E-state index contributed by atoms with van der Waals surface area (Å²) < 4.78 is 0. The van der Waals surface area contributed by atoms with Crippen molar-refractivity contribution in [2.24, 2.45) is 10.4 Å². The van der Waals surface area contributed by atoms with E-state index >= 15 is 0 Å². The van der Waals surface area contributed by atoms with Gasteiger partial charge in [0.25, 0.3) is 0 Å². The first-order chi connectivity index (χ1) is 5.43. The third-order valence-corrected chi connectivity index (χ3v) is 1.60. The number of thiocarbonyl (C=S) groups is 1. The first kappa shape index (κ1) is 11.3. The van der Waals surface area contributed by atoms with E-state index in [4.69, 9.17) is 0 Å². The van der Waals surface area contributed by atoms with Crippen molar-refractivity contribution in [3.63, 3.8) is 0 Å². The lowest BCUT2D eigenvalue weighted by molar-refractivity contribution is -0.123. The van der Waals surface area contributed by atoms with Crippen molar-refractivity contribution in [3.8, 4) is 0 Å². The van der Waals surface area contributed by atoms with Crippen LogP contribution >= 0.6 is 12.2 Å². The maximum atomic E-state index is 11.3. The molecule has 0 radical (unpaired) electrons. The third-order valence-electron chi connectivity index (χ3n) is 1.50. The van der Waals surface area contributed by atoms with E-state index in [-0.39, 0.29) is 11.3 Å². The second-order valence-electron chi connectivity index (χ2n) is 3.60. The van der Waals surface area contributed by atoms with Crippen molar-refractivity contribution < 1.29 is 4.79 Å². The van der Waals surface area contributed by atoms with Gasteiger partial charge in [-0.1, -0.05) is 20.8 Å². The molecule has 0 fully saturated rings. The summed E-state index contributed by atoms with van der Waals surface area (Å²) in [4.78, 5) is 15.1. The Bertz CT molecular complexity index is 214. The molecule has 0 aromatic carbocycles. The Labute approximate surface area is 78.3 Å². The van der Waals surface area contributed by atoms with Gasteiger partial charge in [0.1, 0.15) is 6.04 Å². The molecule has 0 saturated heterocycles. The van der Waals surface area contributed by atoms with Crippen molar-refractivity contribution in [1.29, 1.82) is 0 Å². The van der Waals surface area contributed by atoms with Crippen LogP contribution in [0, 0.1) is 5.41 Å². The van der Waals surface area contributed by atoms with Gasteiger partial charge < -0.3 is 5.32 Å². The Hall–Kier alpha value is -0.730. The lowest BCUT2D eigenvalue weighted by Crippen LogP contribution is -2.39. The summed E-state index contributed by atoms with van der Waals surface area (Å²) in [5.41, 5.74) is -0.216. The molecule has 0 aliphatic rings. The van der Waals surface area contributed by atoms with Crippen LogP contribution in [0.1, 0.15) is 20.8 Å². The number of carbonyl (C=O) groups is 1. The zero-order valence-electron chi connectivity index (χ0n) is 7.84. The number of carbonyl (C=O) groups excluding carboxylic acids is 1. The second-order valence-corrected chi connectivity index (χ2v) is 3.79. The van der Waals surface area contributed by atoms with Gasteiger partial charge in [0.05, 0.1) is 5.16 Å². The highest BCUT2D eigenvalue weighted by Crippen LogP contribution is 2.21. The van der Waals surface area contributed by atoms with E-state index in [1.54, 1.807) is 7.05 Å². The number of nitrogens with zero attached hydrogens (tertiary/aromatic N) is 1. The molecular weight excluding hydrogens is 172 g/mol. The standard InChI is InChI=1S/C8H14N2OS/c1-8(2,3)6(10-5-12)7(11)9-4/h6H,1-4H3,(H,9,11). The molecule has 0 aliphatic heterocycles. The maximum Gasteiger partial charge on any atom is 0.245 e. The summed E-state index contributed by atoms with van der Waals surface area (Å²) in [6, 6.07) is -0.444. The molecule has 1 amide bonds. The summed E-state index contributed by atoms with van der Waals surface area (Å²) in [5.74, 6) is -0.125. The molecule has 68 valence electrons. The lowest BCUT2D eigenvalue weighted by Gasteiger charge is -2.24. The van der Waals surface area contributed by atoms with Gasteiger partial charge in [0, 0.05) is 7.05 Å². The number of hydrogen-bond acceptors (Lipinski definition) is 3. The monoisotopic (exact) mass is 186 g/mol. The molecule has 4 heteroatoms. The van der Waals surface area contributed by atoms with Gasteiger partial charge in [-0.2, -0.15) is 0 Å². The normalized spacial score (nSPS) is 13.0. The van der Waals surface area contributed by atoms with Crippen LogP contribution in [0.5, 0.6) is 0 Å². The molecule has 0 heterocycles. The highest BCUT2D eigenvalue weighted by atomic mass is 32.1. The van der Waals surface area contributed by atoms with E-state index in [1.165, 1.54) is 0 Å². The quantitative estimate of drug-likeness (QED) is 0.521. The first-order valence-corrected chi connectivity index (χ1v) is 4.13. The van der Waals surface area contributed by atoms with Crippen LogP contribution in [0.25, 0.3) is 0 Å². The molecule has 0 aromatic rings. The van der Waals surface area contributed by atoms with Gasteiger partial charge in [0.2, 0.25) is 5.91 Å². The van der Waals surface area contributed by atoms with Crippen LogP contribution in [-0.2, 0) is 4.79 Å². The predicted octanol–water partition coefficient (Wildman–Crippen LogP) is 1.25. The summed E-state index contributed by atoms with van der Waals surface area (Å²) >= 11 is 4.47. The average molecular weight is 186 g/mol. The maximum absolute atomic E-state index is 11.3. The Kier molecular flexibility index (Phi) is 4.07.